The largest absolute Gasteiger partial charge is 0.364 e. The van der Waals surface area contributed by atoms with Crippen LogP contribution in [0.1, 0.15) is 18.4 Å². The minimum atomic E-state index is -3.96. The molecule has 0 aliphatic rings. The Morgan fingerprint density at radius 2 is 2.04 bits per heavy atom. The van der Waals surface area contributed by atoms with Gasteiger partial charge in [-0.05, 0) is 25.0 Å². The van der Waals surface area contributed by atoms with Crippen molar-refractivity contribution < 1.29 is 22.1 Å². The summed E-state index contributed by atoms with van der Waals surface area (Å²) in [6.07, 6.45) is 4.57. The Balaban J connectivity index is 1.67. The van der Waals surface area contributed by atoms with E-state index in [4.69, 9.17) is 4.52 Å². The normalized spacial score (nSPS) is 11.4. The van der Waals surface area contributed by atoms with Crippen LogP contribution in [-0.2, 0) is 21.2 Å². The summed E-state index contributed by atoms with van der Waals surface area (Å²) in [6.45, 7) is 0.359. The number of sulfonamides is 1. The lowest BCUT2D eigenvalue weighted by Crippen LogP contribution is -2.31. The predicted octanol–water partition coefficient (Wildman–Crippen LogP) is 1.23. The van der Waals surface area contributed by atoms with Gasteiger partial charge in [0.1, 0.15) is 17.0 Å². The summed E-state index contributed by atoms with van der Waals surface area (Å²) in [6, 6.07) is 5.07. The molecule has 0 spiro atoms. The van der Waals surface area contributed by atoms with E-state index >= 15 is 0 Å². The number of aryl methyl sites for hydroxylation is 1. The topological polar surface area (TPSA) is 101 Å². The molecule has 0 saturated carbocycles. The number of benzene rings is 1. The average molecular weight is 355 g/mol. The maximum atomic E-state index is 13.5. The van der Waals surface area contributed by atoms with Gasteiger partial charge in [-0.2, -0.15) is 0 Å². The fourth-order valence-corrected chi connectivity index (χ4v) is 3.11. The van der Waals surface area contributed by atoms with Crippen molar-refractivity contribution in [1.82, 2.24) is 15.2 Å². The Morgan fingerprint density at radius 1 is 1.25 bits per heavy atom. The van der Waals surface area contributed by atoms with Crippen molar-refractivity contribution in [1.29, 1.82) is 0 Å². The Kier molecular flexibility index (Phi) is 6.44. The van der Waals surface area contributed by atoms with Crippen molar-refractivity contribution in [3.05, 3.63) is 48.1 Å². The molecule has 2 N–H and O–H groups in total. The third kappa shape index (κ3) is 5.43. The second-order valence-corrected chi connectivity index (χ2v) is 6.80. The van der Waals surface area contributed by atoms with Gasteiger partial charge in [0.05, 0.1) is 6.20 Å². The van der Waals surface area contributed by atoms with E-state index < -0.39 is 20.7 Å². The molecule has 24 heavy (non-hydrogen) atoms. The molecule has 0 fully saturated rings. The molecule has 1 heterocycles. The quantitative estimate of drug-likeness (QED) is 0.659. The summed E-state index contributed by atoms with van der Waals surface area (Å²) in [7, 11) is -3.96. The molecule has 0 saturated heterocycles. The zero-order valence-electron chi connectivity index (χ0n) is 12.9. The van der Waals surface area contributed by atoms with Gasteiger partial charge < -0.3 is 9.84 Å². The van der Waals surface area contributed by atoms with E-state index in [1.165, 1.54) is 18.2 Å². The Morgan fingerprint density at radius 3 is 2.75 bits per heavy atom. The lowest BCUT2D eigenvalue weighted by atomic mass is 10.2. The highest BCUT2D eigenvalue weighted by atomic mass is 32.2. The second kappa shape index (κ2) is 8.55. The van der Waals surface area contributed by atoms with Gasteiger partial charge in [-0.15, -0.1) is 0 Å². The molecule has 0 bridgehead atoms. The first-order chi connectivity index (χ1) is 11.5. The lowest BCUT2D eigenvalue weighted by molar-refractivity contribution is -0.120. The van der Waals surface area contributed by atoms with Gasteiger partial charge >= 0.3 is 0 Å². The summed E-state index contributed by atoms with van der Waals surface area (Å²) in [4.78, 5) is 11.2. The van der Waals surface area contributed by atoms with E-state index in [2.05, 4.69) is 15.2 Å². The first-order valence-electron chi connectivity index (χ1n) is 7.38. The molecule has 2 aromatic rings. The SMILES string of the molecule is O=C(CCNS(=O)(=O)c1ccccc1F)NCCCc1cnoc1. The molecule has 0 unspecified atom stereocenters. The minimum absolute atomic E-state index is 0.0268. The number of nitrogens with one attached hydrogen (secondary N) is 2. The van der Waals surface area contributed by atoms with E-state index in [1.807, 2.05) is 0 Å². The van der Waals surface area contributed by atoms with E-state index in [9.17, 15) is 17.6 Å². The van der Waals surface area contributed by atoms with Crippen LogP contribution in [-0.4, -0.2) is 32.6 Å². The zero-order valence-corrected chi connectivity index (χ0v) is 13.7. The number of halogens is 1. The van der Waals surface area contributed by atoms with Crippen LogP contribution in [0.2, 0.25) is 0 Å². The fraction of sp³-hybridized carbons (Fsp3) is 0.333. The third-order valence-corrected chi connectivity index (χ3v) is 4.71. The number of hydrogen-bond donors (Lipinski definition) is 2. The van der Waals surface area contributed by atoms with Gasteiger partial charge in [0.2, 0.25) is 15.9 Å². The molecule has 130 valence electrons. The molecule has 7 nitrogen and oxygen atoms in total. The van der Waals surface area contributed by atoms with E-state index in [0.717, 1.165) is 18.1 Å². The van der Waals surface area contributed by atoms with Crippen LogP contribution >= 0.6 is 0 Å². The highest BCUT2D eigenvalue weighted by Crippen LogP contribution is 2.12. The van der Waals surface area contributed by atoms with Crippen molar-refractivity contribution in [2.45, 2.75) is 24.2 Å². The van der Waals surface area contributed by atoms with E-state index in [-0.39, 0.29) is 18.9 Å². The molecule has 0 aliphatic carbocycles. The maximum absolute atomic E-state index is 13.5. The van der Waals surface area contributed by atoms with Crippen LogP contribution in [0.4, 0.5) is 4.39 Å². The van der Waals surface area contributed by atoms with Crippen LogP contribution in [0.15, 0.2) is 46.1 Å². The van der Waals surface area contributed by atoms with Gasteiger partial charge in [0, 0.05) is 25.1 Å². The maximum Gasteiger partial charge on any atom is 0.243 e. The summed E-state index contributed by atoms with van der Waals surface area (Å²) >= 11 is 0. The number of carbonyl (C=O) groups is 1. The standard InChI is InChI=1S/C15H18FN3O4S/c16-13-5-1-2-6-14(13)24(21,22)19-9-7-15(20)17-8-3-4-12-10-18-23-11-12/h1-2,5-6,10-11,19H,3-4,7-9H2,(H,17,20). The monoisotopic (exact) mass is 355 g/mol. The molecule has 2 rings (SSSR count). The van der Waals surface area contributed by atoms with Crippen LogP contribution in [0, 0.1) is 5.82 Å². The molecule has 1 aromatic heterocycles. The van der Waals surface area contributed by atoms with Crippen molar-refractivity contribution in [2.24, 2.45) is 0 Å². The number of hydrogen-bond acceptors (Lipinski definition) is 5. The van der Waals surface area contributed by atoms with Gasteiger partial charge in [0.15, 0.2) is 0 Å². The number of carbonyl (C=O) groups excluding carboxylic acids is 1. The van der Waals surface area contributed by atoms with Crippen molar-refractivity contribution in [2.75, 3.05) is 13.1 Å². The van der Waals surface area contributed by atoms with Crippen molar-refractivity contribution >= 4 is 15.9 Å². The smallest absolute Gasteiger partial charge is 0.243 e. The summed E-state index contributed by atoms with van der Waals surface area (Å²) in [5.41, 5.74) is 0.946. The minimum Gasteiger partial charge on any atom is -0.364 e. The molecule has 1 aromatic carbocycles. The first-order valence-corrected chi connectivity index (χ1v) is 8.86. The van der Waals surface area contributed by atoms with Crippen LogP contribution in [0.25, 0.3) is 0 Å². The second-order valence-electron chi connectivity index (χ2n) is 5.06. The van der Waals surface area contributed by atoms with Gasteiger partial charge in [-0.1, -0.05) is 17.3 Å². The van der Waals surface area contributed by atoms with Gasteiger partial charge in [0.25, 0.3) is 0 Å². The summed E-state index contributed by atoms with van der Waals surface area (Å²) in [5, 5.41) is 6.26. The fourth-order valence-electron chi connectivity index (χ4n) is 2.00. The molecule has 0 atom stereocenters. The first kappa shape index (κ1) is 18.1. The Labute approximate surface area is 139 Å². The van der Waals surface area contributed by atoms with Gasteiger partial charge in [-0.3, -0.25) is 4.79 Å². The number of nitrogens with zero attached hydrogens (tertiary/aromatic N) is 1. The van der Waals surface area contributed by atoms with E-state index in [0.29, 0.717) is 13.0 Å². The number of amides is 1. The van der Waals surface area contributed by atoms with Gasteiger partial charge in [-0.25, -0.2) is 17.5 Å². The van der Waals surface area contributed by atoms with Crippen molar-refractivity contribution in [3.63, 3.8) is 0 Å². The Hall–Kier alpha value is -2.26. The van der Waals surface area contributed by atoms with E-state index in [1.54, 1.807) is 12.5 Å². The van der Waals surface area contributed by atoms with Crippen LogP contribution < -0.4 is 10.0 Å². The Bertz CT molecular complexity index is 763. The number of rotatable bonds is 9. The number of aromatic nitrogens is 1. The average Bonchev–Trinajstić information content (AvgIpc) is 3.05. The molecule has 9 heteroatoms. The molecule has 0 aliphatic heterocycles. The molecular weight excluding hydrogens is 337 g/mol. The molecule has 0 radical (unpaired) electrons. The predicted molar refractivity (Wildman–Crippen MR) is 84.0 cm³/mol. The summed E-state index contributed by atoms with van der Waals surface area (Å²) < 4.78 is 44.2. The zero-order chi connectivity index (χ0) is 17.4. The van der Waals surface area contributed by atoms with Crippen LogP contribution in [0.3, 0.4) is 0 Å². The van der Waals surface area contributed by atoms with Crippen molar-refractivity contribution in [3.8, 4) is 0 Å². The summed E-state index contributed by atoms with van der Waals surface area (Å²) in [5.74, 6) is -1.11. The highest BCUT2D eigenvalue weighted by molar-refractivity contribution is 7.89. The van der Waals surface area contributed by atoms with Crippen LogP contribution in [0.5, 0.6) is 0 Å². The molecular formula is C15H18FN3O4S. The highest BCUT2D eigenvalue weighted by Gasteiger charge is 2.18. The lowest BCUT2D eigenvalue weighted by Gasteiger charge is -2.08. The third-order valence-electron chi connectivity index (χ3n) is 3.22. The molecule has 1 amide bonds.